The number of carbonyl (C=O) groups excluding carboxylic acids is 1. The van der Waals surface area contributed by atoms with Gasteiger partial charge in [0.15, 0.2) is 5.82 Å². The second-order valence-corrected chi connectivity index (χ2v) is 7.26. The Hall–Kier alpha value is -1.51. The van der Waals surface area contributed by atoms with Crippen LogP contribution in [0.2, 0.25) is 0 Å². The van der Waals surface area contributed by atoms with Crippen molar-refractivity contribution in [2.24, 2.45) is 7.05 Å². The van der Waals surface area contributed by atoms with Crippen molar-refractivity contribution in [1.29, 1.82) is 0 Å². The van der Waals surface area contributed by atoms with Crippen LogP contribution in [0.25, 0.3) is 0 Å². The highest BCUT2D eigenvalue weighted by Gasteiger charge is 2.21. The van der Waals surface area contributed by atoms with Gasteiger partial charge in [0.2, 0.25) is 11.9 Å². The van der Waals surface area contributed by atoms with Crippen molar-refractivity contribution in [2.75, 3.05) is 18.4 Å². The number of halogens is 1. The Bertz CT molecular complexity index is 695. The third-order valence-electron chi connectivity index (χ3n) is 4.24. The van der Waals surface area contributed by atoms with Gasteiger partial charge in [0.05, 0.1) is 10.7 Å². The molecule has 1 fully saturated rings. The van der Waals surface area contributed by atoms with Crippen LogP contribution in [0, 0.1) is 6.92 Å². The molecule has 1 aliphatic heterocycles. The summed E-state index contributed by atoms with van der Waals surface area (Å²) in [5.74, 6) is 1.75. The zero-order valence-corrected chi connectivity index (χ0v) is 16.3. The maximum Gasteiger partial charge on any atom is 0.227 e. The molecule has 1 aliphatic rings. The summed E-state index contributed by atoms with van der Waals surface area (Å²) in [5.41, 5.74) is 1.07. The number of carbonyl (C=O) groups is 1. The van der Waals surface area contributed by atoms with Crippen molar-refractivity contribution in [3.05, 3.63) is 21.9 Å². The monoisotopic (exact) mass is 384 g/mol. The summed E-state index contributed by atoms with van der Waals surface area (Å²) in [5, 5.41) is 13.8. The lowest BCUT2D eigenvalue weighted by atomic mass is 9.98. The van der Waals surface area contributed by atoms with Crippen LogP contribution in [-0.2, 0) is 18.3 Å². The van der Waals surface area contributed by atoms with Gasteiger partial charge in [-0.3, -0.25) is 10.1 Å². The highest BCUT2D eigenvalue weighted by molar-refractivity contribution is 7.09. The first-order valence-corrected chi connectivity index (χ1v) is 9.32. The molecule has 0 radical (unpaired) electrons. The third kappa shape index (κ3) is 5.49. The van der Waals surface area contributed by atoms with E-state index in [9.17, 15) is 4.79 Å². The van der Waals surface area contributed by atoms with E-state index >= 15 is 0 Å². The standard InChI is InChI=1S/C16H24N6OS.ClH/c1-11-18-13(10-24-11)4-3-5-14(23)19-16-20-15(21-22(16)2)12-6-8-17-9-7-12;/h10,12,17H,3-9H2,1-2H3,(H,19,20,21,23);1H. The first-order valence-electron chi connectivity index (χ1n) is 8.44. The lowest BCUT2D eigenvalue weighted by molar-refractivity contribution is -0.116. The van der Waals surface area contributed by atoms with E-state index < -0.39 is 0 Å². The number of hydrogen-bond donors (Lipinski definition) is 2. The molecule has 0 saturated carbocycles. The minimum atomic E-state index is -0.0192. The molecular weight excluding hydrogens is 360 g/mol. The Kier molecular flexibility index (Phi) is 7.34. The minimum Gasteiger partial charge on any atom is -0.317 e. The number of thiazole rings is 1. The number of hydrogen-bond acceptors (Lipinski definition) is 6. The van der Waals surface area contributed by atoms with Crippen LogP contribution in [0.1, 0.15) is 48.1 Å². The topological polar surface area (TPSA) is 84.7 Å². The summed E-state index contributed by atoms with van der Waals surface area (Å²) in [4.78, 5) is 21.1. The Labute approximate surface area is 158 Å². The average Bonchev–Trinajstić information content (AvgIpc) is 3.15. The summed E-state index contributed by atoms with van der Waals surface area (Å²) >= 11 is 1.65. The fraction of sp³-hybridized carbons (Fsp3) is 0.625. The van der Waals surface area contributed by atoms with Gasteiger partial charge in [-0.2, -0.15) is 10.1 Å². The summed E-state index contributed by atoms with van der Waals surface area (Å²) in [6, 6.07) is 0. The van der Waals surface area contributed by atoms with Gasteiger partial charge < -0.3 is 5.32 Å². The van der Waals surface area contributed by atoms with E-state index in [1.165, 1.54) is 0 Å². The molecule has 0 bridgehead atoms. The molecular formula is C16H25ClN6OS. The number of rotatable bonds is 6. The van der Waals surface area contributed by atoms with Crippen molar-refractivity contribution < 1.29 is 4.79 Å². The van der Waals surface area contributed by atoms with Crippen LogP contribution in [-0.4, -0.2) is 38.7 Å². The van der Waals surface area contributed by atoms with Crippen molar-refractivity contribution in [1.82, 2.24) is 25.1 Å². The van der Waals surface area contributed by atoms with E-state index in [0.29, 0.717) is 18.3 Å². The van der Waals surface area contributed by atoms with Crippen LogP contribution in [0.3, 0.4) is 0 Å². The second-order valence-electron chi connectivity index (χ2n) is 6.20. The Morgan fingerprint density at radius 1 is 1.40 bits per heavy atom. The van der Waals surface area contributed by atoms with Gasteiger partial charge in [0.25, 0.3) is 0 Å². The zero-order valence-electron chi connectivity index (χ0n) is 14.6. The van der Waals surface area contributed by atoms with E-state index in [1.54, 1.807) is 16.0 Å². The number of amides is 1. The van der Waals surface area contributed by atoms with Gasteiger partial charge in [-0.1, -0.05) is 0 Å². The molecule has 2 N–H and O–H groups in total. The fourth-order valence-electron chi connectivity index (χ4n) is 2.91. The van der Waals surface area contributed by atoms with Crippen molar-refractivity contribution in [2.45, 2.75) is 44.9 Å². The maximum absolute atomic E-state index is 12.1. The predicted molar refractivity (Wildman–Crippen MR) is 102 cm³/mol. The molecule has 0 unspecified atom stereocenters. The van der Waals surface area contributed by atoms with Gasteiger partial charge >= 0.3 is 0 Å². The van der Waals surface area contributed by atoms with Gasteiger partial charge in [0.1, 0.15) is 0 Å². The van der Waals surface area contributed by atoms with Gasteiger partial charge in [-0.05, 0) is 45.7 Å². The van der Waals surface area contributed by atoms with E-state index in [2.05, 4.69) is 31.1 Å². The van der Waals surface area contributed by atoms with E-state index in [0.717, 1.165) is 55.3 Å². The number of piperidine rings is 1. The molecule has 1 saturated heterocycles. The van der Waals surface area contributed by atoms with E-state index in [4.69, 9.17) is 0 Å². The SMILES string of the molecule is Cc1nc(CCCC(=O)Nc2nc(C3CCNCC3)nn2C)cs1.Cl. The summed E-state index contributed by atoms with van der Waals surface area (Å²) in [6.45, 7) is 4.00. The van der Waals surface area contributed by atoms with E-state index in [-0.39, 0.29) is 18.3 Å². The molecule has 0 aromatic carbocycles. The summed E-state index contributed by atoms with van der Waals surface area (Å²) in [7, 11) is 1.82. The Morgan fingerprint density at radius 2 is 2.16 bits per heavy atom. The average molecular weight is 385 g/mol. The van der Waals surface area contributed by atoms with E-state index in [1.807, 2.05) is 14.0 Å². The first kappa shape index (κ1) is 19.8. The number of aromatic nitrogens is 4. The van der Waals surface area contributed by atoms with Crippen LogP contribution in [0.5, 0.6) is 0 Å². The number of aryl methyl sites for hydroxylation is 3. The summed E-state index contributed by atoms with van der Waals surface area (Å²) < 4.78 is 1.67. The highest BCUT2D eigenvalue weighted by atomic mass is 35.5. The molecule has 0 atom stereocenters. The lowest BCUT2D eigenvalue weighted by Gasteiger charge is -2.19. The molecule has 2 aromatic rings. The minimum absolute atomic E-state index is 0. The molecule has 0 spiro atoms. The molecule has 9 heteroatoms. The largest absolute Gasteiger partial charge is 0.317 e. The smallest absolute Gasteiger partial charge is 0.227 e. The quantitative estimate of drug-likeness (QED) is 0.798. The fourth-order valence-corrected chi connectivity index (χ4v) is 3.55. The predicted octanol–water partition coefficient (Wildman–Crippen LogP) is 2.43. The first-order chi connectivity index (χ1) is 11.6. The van der Waals surface area contributed by atoms with Crippen LogP contribution >= 0.6 is 23.7 Å². The molecule has 0 aliphatic carbocycles. The Balaban J connectivity index is 0.00000225. The van der Waals surface area contributed by atoms with Crippen LogP contribution in [0.4, 0.5) is 5.95 Å². The molecule has 25 heavy (non-hydrogen) atoms. The van der Waals surface area contributed by atoms with Crippen LogP contribution < -0.4 is 10.6 Å². The number of nitrogens with one attached hydrogen (secondary N) is 2. The number of nitrogens with zero attached hydrogens (tertiary/aromatic N) is 4. The van der Waals surface area contributed by atoms with Gasteiger partial charge in [0, 0.05) is 24.8 Å². The maximum atomic E-state index is 12.1. The van der Waals surface area contributed by atoms with Crippen LogP contribution in [0.15, 0.2) is 5.38 Å². The van der Waals surface area contributed by atoms with Gasteiger partial charge in [-0.25, -0.2) is 9.67 Å². The molecule has 3 heterocycles. The van der Waals surface area contributed by atoms with Crippen molar-refractivity contribution in [3.8, 4) is 0 Å². The van der Waals surface area contributed by atoms with Gasteiger partial charge in [-0.15, -0.1) is 23.7 Å². The molecule has 1 amide bonds. The van der Waals surface area contributed by atoms with Crippen molar-refractivity contribution in [3.63, 3.8) is 0 Å². The zero-order chi connectivity index (χ0) is 16.9. The highest BCUT2D eigenvalue weighted by Crippen LogP contribution is 2.23. The summed E-state index contributed by atoms with van der Waals surface area (Å²) in [6.07, 6.45) is 4.17. The molecule has 3 rings (SSSR count). The second kappa shape index (κ2) is 9.26. The lowest BCUT2D eigenvalue weighted by Crippen LogP contribution is -2.27. The van der Waals surface area contributed by atoms with Crippen molar-refractivity contribution >= 4 is 35.6 Å². The normalized spacial score (nSPS) is 15.0. The molecule has 7 nitrogen and oxygen atoms in total. The Morgan fingerprint density at radius 3 is 2.84 bits per heavy atom. The third-order valence-corrected chi connectivity index (χ3v) is 5.06. The number of anilines is 1. The molecule has 138 valence electrons. The molecule has 2 aromatic heterocycles.